The van der Waals surface area contributed by atoms with Crippen molar-refractivity contribution in [2.24, 2.45) is 0 Å². The quantitative estimate of drug-likeness (QED) is 0.638. The molecule has 4 nitrogen and oxygen atoms in total. The van der Waals surface area contributed by atoms with Gasteiger partial charge in [-0.15, -0.1) is 0 Å². The van der Waals surface area contributed by atoms with Crippen molar-refractivity contribution >= 4 is 34.9 Å². The maximum absolute atomic E-state index is 13.7. The molecule has 1 amide bonds. The highest BCUT2D eigenvalue weighted by molar-refractivity contribution is 6.37. The number of anilines is 1. The van der Waals surface area contributed by atoms with Gasteiger partial charge in [-0.3, -0.25) is 4.79 Å². The third-order valence-electron chi connectivity index (χ3n) is 3.67. The highest BCUT2D eigenvalue weighted by Crippen LogP contribution is 2.26. The molecule has 0 bridgehead atoms. The number of aromatic nitrogens is 2. The smallest absolute Gasteiger partial charge is 0.258 e. The molecule has 0 radical (unpaired) electrons. The summed E-state index contributed by atoms with van der Waals surface area (Å²) in [6.45, 7) is 3.77. The van der Waals surface area contributed by atoms with E-state index in [0.717, 1.165) is 23.0 Å². The third-order valence-corrected chi connectivity index (χ3v) is 4.27. The number of rotatable bonds is 3. The molecular weight excluding hydrogens is 364 g/mol. The highest BCUT2D eigenvalue weighted by atomic mass is 35.5. The molecule has 0 fully saturated rings. The van der Waals surface area contributed by atoms with E-state index in [9.17, 15) is 9.18 Å². The predicted molar refractivity (Wildman–Crippen MR) is 97.4 cm³/mol. The summed E-state index contributed by atoms with van der Waals surface area (Å²) in [5.41, 5.74) is 2.56. The number of nitrogens with zero attached hydrogens (tertiary/aromatic N) is 2. The second-order valence-electron chi connectivity index (χ2n) is 5.57. The number of hydrogen-bond donors (Lipinski definition) is 1. The zero-order valence-electron chi connectivity index (χ0n) is 13.5. The number of aryl methyl sites for hydroxylation is 2. The van der Waals surface area contributed by atoms with Gasteiger partial charge in [-0.2, -0.15) is 5.10 Å². The molecule has 25 heavy (non-hydrogen) atoms. The fraction of sp³-hybridized carbons (Fsp3) is 0.111. The lowest BCUT2D eigenvalue weighted by Gasteiger charge is -2.12. The van der Waals surface area contributed by atoms with Gasteiger partial charge >= 0.3 is 0 Å². The van der Waals surface area contributed by atoms with Crippen molar-refractivity contribution < 1.29 is 9.18 Å². The Morgan fingerprint density at radius 3 is 2.56 bits per heavy atom. The minimum absolute atomic E-state index is 0.00115. The van der Waals surface area contributed by atoms with Crippen LogP contribution in [0.1, 0.15) is 21.6 Å². The fourth-order valence-corrected chi connectivity index (χ4v) is 2.92. The van der Waals surface area contributed by atoms with Gasteiger partial charge in [0, 0.05) is 6.07 Å². The number of halogens is 3. The van der Waals surface area contributed by atoms with Crippen molar-refractivity contribution in [3.05, 3.63) is 75.1 Å². The van der Waals surface area contributed by atoms with Crippen LogP contribution in [0.25, 0.3) is 5.69 Å². The lowest BCUT2D eigenvalue weighted by atomic mass is 10.2. The van der Waals surface area contributed by atoms with E-state index in [0.29, 0.717) is 5.82 Å². The van der Waals surface area contributed by atoms with Gasteiger partial charge < -0.3 is 5.32 Å². The van der Waals surface area contributed by atoms with E-state index in [-0.39, 0.29) is 15.6 Å². The normalized spacial score (nSPS) is 10.8. The number of nitrogens with one attached hydrogen (secondary N) is 1. The van der Waals surface area contributed by atoms with Gasteiger partial charge in [0.15, 0.2) is 0 Å². The Balaban J connectivity index is 1.98. The van der Waals surface area contributed by atoms with E-state index in [1.807, 2.05) is 38.1 Å². The number of benzene rings is 2. The minimum atomic E-state index is -0.709. The van der Waals surface area contributed by atoms with E-state index >= 15 is 0 Å². The molecule has 3 rings (SSSR count). The van der Waals surface area contributed by atoms with Gasteiger partial charge in [-0.1, -0.05) is 41.4 Å². The molecule has 0 saturated heterocycles. The molecule has 0 aliphatic carbocycles. The summed E-state index contributed by atoms with van der Waals surface area (Å²) < 4.78 is 15.3. The number of hydrogen-bond acceptors (Lipinski definition) is 2. The summed E-state index contributed by atoms with van der Waals surface area (Å²) in [5.74, 6) is -0.793. The highest BCUT2D eigenvalue weighted by Gasteiger charge is 2.17. The summed E-state index contributed by atoms with van der Waals surface area (Å²) in [7, 11) is 0. The van der Waals surface area contributed by atoms with E-state index < -0.39 is 11.7 Å². The Hall–Kier alpha value is -2.37. The average Bonchev–Trinajstić information content (AvgIpc) is 2.91. The van der Waals surface area contributed by atoms with Crippen molar-refractivity contribution in [3.63, 3.8) is 0 Å². The molecule has 1 N–H and O–H groups in total. The van der Waals surface area contributed by atoms with E-state index in [1.54, 1.807) is 10.7 Å². The number of carbonyl (C=O) groups is 1. The first kappa shape index (κ1) is 17.5. The second kappa shape index (κ2) is 6.86. The van der Waals surface area contributed by atoms with Crippen LogP contribution in [0.5, 0.6) is 0 Å². The molecule has 0 atom stereocenters. The van der Waals surface area contributed by atoms with Gasteiger partial charge in [0.25, 0.3) is 5.91 Å². The Morgan fingerprint density at radius 1 is 1.12 bits per heavy atom. The maximum atomic E-state index is 13.7. The molecule has 1 aromatic heterocycles. The van der Waals surface area contributed by atoms with Gasteiger partial charge in [0.2, 0.25) is 0 Å². The van der Waals surface area contributed by atoms with Crippen molar-refractivity contribution in [3.8, 4) is 5.69 Å². The SMILES string of the molecule is Cc1cc(NC(=O)c2cc(F)c(Cl)cc2Cl)n(-c2ccccc2C)n1. The summed E-state index contributed by atoms with van der Waals surface area (Å²) in [6.07, 6.45) is 0. The Bertz CT molecular complexity index is 969. The van der Waals surface area contributed by atoms with Crippen LogP contribution in [0.4, 0.5) is 10.2 Å². The Labute approximate surface area is 154 Å². The largest absolute Gasteiger partial charge is 0.306 e. The Morgan fingerprint density at radius 2 is 1.84 bits per heavy atom. The van der Waals surface area contributed by atoms with Gasteiger partial charge in [0.1, 0.15) is 11.6 Å². The van der Waals surface area contributed by atoms with Crippen LogP contribution < -0.4 is 5.32 Å². The summed E-state index contributed by atoms with van der Waals surface area (Å²) in [6, 6.07) is 11.6. The molecule has 2 aromatic carbocycles. The lowest BCUT2D eigenvalue weighted by Crippen LogP contribution is -2.16. The first-order valence-corrected chi connectivity index (χ1v) is 8.21. The molecule has 0 saturated carbocycles. The van der Waals surface area contributed by atoms with Crippen LogP contribution in [0.2, 0.25) is 10.0 Å². The Kier molecular flexibility index (Phi) is 4.79. The molecule has 3 aromatic rings. The number of para-hydroxylation sites is 1. The number of amides is 1. The number of carbonyl (C=O) groups excluding carboxylic acids is 1. The van der Waals surface area contributed by atoms with E-state index in [4.69, 9.17) is 23.2 Å². The predicted octanol–water partition coefficient (Wildman–Crippen LogP) is 5.19. The summed E-state index contributed by atoms with van der Waals surface area (Å²) >= 11 is 11.7. The zero-order valence-corrected chi connectivity index (χ0v) is 15.0. The van der Waals surface area contributed by atoms with Gasteiger partial charge in [0.05, 0.1) is 27.0 Å². The summed E-state index contributed by atoms with van der Waals surface area (Å²) in [5, 5.41) is 7.08. The van der Waals surface area contributed by atoms with E-state index in [1.165, 1.54) is 6.07 Å². The van der Waals surface area contributed by atoms with Crippen LogP contribution in [0.15, 0.2) is 42.5 Å². The fourth-order valence-electron chi connectivity index (χ4n) is 2.45. The minimum Gasteiger partial charge on any atom is -0.306 e. The second-order valence-corrected chi connectivity index (χ2v) is 6.38. The van der Waals surface area contributed by atoms with Gasteiger partial charge in [-0.05, 0) is 37.6 Å². The third kappa shape index (κ3) is 3.52. The molecule has 0 spiro atoms. The van der Waals surface area contributed by atoms with Crippen molar-refractivity contribution in [2.45, 2.75) is 13.8 Å². The summed E-state index contributed by atoms with van der Waals surface area (Å²) in [4.78, 5) is 12.5. The van der Waals surface area contributed by atoms with Crippen LogP contribution in [-0.2, 0) is 0 Å². The molecule has 1 heterocycles. The zero-order chi connectivity index (χ0) is 18.1. The first-order valence-electron chi connectivity index (χ1n) is 7.45. The van der Waals surface area contributed by atoms with E-state index in [2.05, 4.69) is 10.4 Å². The standard InChI is InChI=1S/C18H14Cl2FN3O/c1-10-5-3-4-6-16(10)24-17(7-11(2)23-24)22-18(25)12-8-15(21)14(20)9-13(12)19/h3-9H,1-2H3,(H,22,25). The van der Waals surface area contributed by atoms with Crippen molar-refractivity contribution in [1.82, 2.24) is 9.78 Å². The first-order chi connectivity index (χ1) is 11.9. The lowest BCUT2D eigenvalue weighted by molar-refractivity contribution is 0.102. The molecule has 128 valence electrons. The maximum Gasteiger partial charge on any atom is 0.258 e. The topological polar surface area (TPSA) is 46.9 Å². The average molecular weight is 378 g/mol. The monoisotopic (exact) mass is 377 g/mol. The van der Waals surface area contributed by atoms with Crippen LogP contribution >= 0.6 is 23.2 Å². The van der Waals surface area contributed by atoms with Crippen LogP contribution in [0.3, 0.4) is 0 Å². The van der Waals surface area contributed by atoms with Crippen molar-refractivity contribution in [2.75, 3.05) is 5.32 Å². The molecule has 0 unspecified atom stereocenters. The molecule has 7 heteroatoms. The van der Waals surface area contributed by atoms with Crippen LogP contribution in [0, 0.1) is 19.7 Å². The molecular formula is C18H14Cl2FN3O. The van der Waals surface area contributed by atoms with Gasteiger partial charge in [-0.25, -0.2) is 9.07 Å². The van der Waals surface area contributed by atoms with Crippen LogP contribution in [-0.4, -0.2) is 15.7 Å². The molecule has 0 aliphatic rings. The van der Waals surface area contributed by atoms with Crippen molar-refractivity contribution in [1.29, 1.82) is 0 Å². The molecule has 0 aliphatic heterocycles.